The standard InChI is InChI=1S/C22H28N4O3/c1-25-11-13-26(14-12-25)21(27)20(29-22(23)28)15-17-7-9-19(10-8-17)24-16-18-5-3-2-4-6-18/h2-10,20,24H,11-16H2,1H3,(H2,23,28). The Labute approximate surface area is 171 Å². The molecule has 1 aliphatic rings. The number of carbonyl (C=O) groups excluding carboxylic acids is 2. The molecule has 2 aromatic carbocycles. The lowest BCUT2D eigenvalue weighted by Gasteiger charge is -2.34. The van der Waals surface area contributed by atoms with Gasteiger partial charge in [0.25, 0.3) is 5.91 Å². The average Bonchev–Trinajstić information content (AvgIpc) is 2.73. The molecule has 0 spiro atoms. The zero-order chi connectivity index (χ0) is 20.6. The van der Waals surface area contributed by atoms with Crippen LogP contribution in [0.25, 0.3) is 0 Å². The summed E-state index contributed by atoms with van der Waals surface area (Å²) in [6.45, 7) is 3.58. The number of amides is 2. The first-order valence-electron chi connectivity index (χ1n) is 9.81. The predicted octanol–water partition coefficient (Wildman–Crippen LogP) is 2.08. The van der Waals surface area contributed by atoms with Gasteiger partial charge in [-0.05, 0) is 30.3 Å². The van der Waals surface area contributed by atoms with Crippen molar-refractivity contribution in [2.24, 2.45) is 5.73 Å². The monoisotopic (exact) mass is 396 g/mol. The molecule has 1 fully saturated rings. The highest BCUT2D eigenvalue weighted by atomic mass is 16.6. The molecule has 0 aliphatic carbocycles. The van der Waals surface area contributed by atoms with E-state index in [2.05, 4.69) is 22.3 Å². The summed E-state index contributed by atoms with van der Waals surface area (Å²) < 4.78 is 5.15. The van der Waals surface area contributed by atoms with Crippen LogP contribution in [0.4, 0.5) is 10.5 Å². The quantitative estimate of drug-likeness (QED) is 0.748. The van der Waals surface area contributed by atoms with Crippen molar-refractivity contribution in [1.29, 1.82) is 0 Å². The Morgan fingerprint density at radius 2 is 1.66 bits per heavy atom. The van der Waals surface area contributed by atoms with E-state index in [0.717, 1.165) is 30.9 Å². The van der Waals surface area contributed by atoms with E-state index in [1.807, 2.05) is 49.5 Å². The van der Waals surface area contributed by atoms with Gasteiger partial charge in [-0.1, -0.05) is 42.5 Å². The maximum Gasteiger partial charge on any atom is 0.405 e. The van der Waals surface area contributed by atoms with Crippen molar-refractivity contribution in [2.45, 2.75) is 19.1 Å². The van der Waals surface area contributed by atoms with Gasteiger partial charge in [0.15, 0.2) is 6.10 Å². The molecular formula is C22H28N4O3. The first-order chi connectivity index (χ1) is 14.0. The minimum absolute atomic E-state index is 0.192. The number of ether oxygens (including phenoxy) is 1. The number of nitrogens with two attached hydrogens (primary N) is 1. The molecule has 0 saturated carbocycles. The molecule has 2 amide bonds. The van der Waals surface area contributed by atoms with Gasteiger partial charge in [-0.2, -0.15) is 0 Å². The van der Waals surface area contributed by atoms with Crippen LogP contribution in [0, 0.1) is 0 Å². The Bertz CT molecular complexity index is 803. The van der Waals surface area contributed by atoms with Crippen molar-refractivity contribution in [3.8, 4) is 0 Å². The van der Waals surface area contributed by atoms with E-state index in [1.165, 1.54) is 5.56 Å². The number of benzene rings is 2. The normalized spacial score (nSPS) is 15.6. The van der Waals surface area contributed by atoms with E-state index in [-0.39, 0.29) is 5.91 Å². The van der Waals surface area contributed by atoms with Gasteiger partial charge in [-0.15, -0.1) is 0 Å². The lowest BCUT2D eigenvalue weighted by Crippen LogP contribution is -2.51. The lowest BCUT2D eigenvalue weighted by molar-refractivity contribution is -0.141. The van der Waals surface area contributed by atoms with E-state index in [4.69, 9.17) is 10.5 Å². The summed E-state index contributed by atoms with van der Waals surface area (Å²) >= 11 is 0. The van der Waals surface area contributed by atoms with Gasteiger partial charge in [0.2, 0.25) is 0 Å². The summed E-state index contributed by atoms with van der Waals surface area (Å²) in [5.74, 6) is -0.192. The molecule has 0 aromatic heterocycles. The maximum atomic E-state index is 12.8. The predicted molar refractivity (Wildman–Crippen MR) is 112 cm³/mol. The Kier molecular flexibility index (Phi) is 7.08. The van der Waals surface area contributed by atoms with Crippen LogP contribution in [0.1, 0.15) is 11.1 Å². The van der Waals surface area contributed by atoms with Crippen molar-refractivity contribution in [3.05, 3.63) is 65.7 Å². The van der Waals surface area contributed by atoms with Crippen molar-refractivity contribution < 1.29 is 14.3 Å². The average molecular weight is 396 g/mol. The van der Waals surface area contributed by atoms with E-state index in [9.17, 15) is 9.59 Å². The highest BCUT2D eigenvalue weighted by Gasteiger charge is 2.29. The molecule has 7 nitrogen and oxygen atoms in total. The third-order valence-electron chi connectivity index (χ3n) is 5.06. The maximum absolute atomic E-state index is 12.8. The van der Waals surface area contributed by atoms with Crippen LogP contribution in [0.15, 0.2) is 54.6 Å². The highest BCUT2D eigenvalue weighted by Crippen LogP contribution is 2.15. The van der Waals surface area contributed by atoms with Crippen LogP contribution in [0.3, 0.4) is 0 Å². The minimum atomic E-state index is -0.932. The highest BCUT2D eigenvalue weighted by molar-refractivity contribution is 5.83. The molecule has 3 rings (SSSR count). The number of nitrogens with zero attached hydrogens (tertiary/aromatic N) is 2. The van der Waals surface area contributed by atoms with Crippen LogP contribution in [0.2, 0.25) is 0 Å². The number of anilines is 1. The fourth-order valence-electron chi connectivity index (χ4n) is 3.32. The molecular weight excluding hydrogens is 368 g/mol. The molecule has 0 bridgehead atoms. The summed E-state index contributed by atoms with van der Waals surface area (Å²) in [6.07, 6.45) is -1.54. The van der Waals surface area contributed by atoms with Gasteiger partial charge in [-0.3, -0.25) is 4.79 Å². The Morgan fingerprint density at radius 1 is 1.00 bits per heavy atom. The van der Waals surface area contributed by atoms with Gasteiger partial charge in [0, 0.05) is 44.8 Å². The van der Waals surface area contributed by atoms with Crippen molar-refractivity contribution in [1.82, 2.24) is 9.80 Å². The van der Waals surface area contributed by atoms with Gasteiger partial charge in [-0.25, -0.2) is 4.79 Å². The number of likely N-dealkylation sites (N-methyl/N-ethyl adjacent to an activating group) is 1. The Morgan fingerprint density at radius 3 is 2.28 bits per heavy atom. The molecule has 0 radical (unpaired) electrons. The Hall–Kier alpha value is -3.06. The van der Waals surface area contributed by atoms with Gasteiger partial charge >= 0.3 is 6.09 Å². The molecule has 1 saturated heterocycles. The van der Waals surface area contributed by atoms with Gasteiger partial charge in [0.05, 0.1) is 0 Å². The third kappa shape index (κ3) is 6.22. The zero-order valence-electron chi connectivity index (χ0n) is 16.7. The largest absolute Gasteiger partial charge is 0.436 e. The molecule has 1 unspecified atom stereocenters. The molecule has 1 aliphatic heterocycles. The number of hydrogen-bond donors (Lipinski definition) is 2. The second kappa shape index (κ2) is 9.93. The summed E-state index contributed by atoms with van der Waals surface area (Å²) in [6, 6.07) is 17.9. The first kappa shape index (κ1) is 20.7. The van der Waals surface area contributed by atoms with Crippen LogP contribution >= 0.6 is 0 Å². The van der Waals surface area contributed by atoms with E-state index in [0.29, 0.717) is 19.5 Å². The number of primary amides is 1. The Balaban J connectivity index is 1.60. The van der Waals surface area contributed by atoms with Crippen molar-refractivity contribution in [2.75, 3.05) is 38.5 Å². The number of piperazine rings is 1. The first-order valence-corrected chi connectivity index (χ1v) is 9.81. The fourth-order valence-corrected chi connectivity index (χ4v) is 3.32. The third-order valence-corrected chi connectivity index (χ3v) is 5.06. The number of hydrogen-bond acceptors (Lipinski definition) is 5. The van der Waals surface area contributed by atoms with Crippen molar-refractivity contribution >= 4 is 17.7 Å². The summed E-state index contributed by atoms with van der Waals surface area (Å²) in [4.78, 5) is 28.1. The van der Waals surface area contributed by atoms with Gasteiger partial charge < -0.3 is 25.6 Å². The van der Waals surface area contributed by atoms with Crippen LogP contribution in [-0.4, -0.2) is 61.1 Å². The van der Waals surface area contributed by atoms with Crippen LogP contribution in [-0.2, 0) is 22.5 Å². The molecule has 3 N–H and O–H groups in total. The molecule has 29 heavy (non-hydrogen) atoms. The van der Waals surface area contributed by atoms with Crippen LogP contribution in [0.5, 0.6) is 0 Å². The number of carbonyl (C=O) groups is 2. The van der Waals surface area contributed by atoms with Gasteiger partial charge in [0.1, 0.15) is 0 Å². The second-order valence-electron chi connectivity index (χ2n) is 7.29. The smallest absolute Gasteiger partial charge is 0.405 e. The SMILES string of the molecule is CN1CCN(C(=O)C(Cc2ccc(NCc3ccccc3)cc2)OC(N)=O)CC1. The fraction of sp³-hybridized carbons (Fsp3) is 0.364. The minimum Gasteiger partial charge on any atom is -0.436 e. The zero-order valence-corrected chi connectivity index (χ0v) is 16.7. The number of rotatable bonds is 7. The lowest BCUT2D eigenvalue weighted by atomic mass is 10.1. The second-order valence-corrected chi connectivity index (χ2v) is 7.29. The molecule has 1 atom stereocenters. The topological polar surface area (TPSA) is 87.9 Å². The molecule has 7 heteroatoms. The van der Waals surface area contributed by atoms with E-state index < -0.39 is 12.2 Å². The van der Waals surface area contributed by atoms with E-state index in [1.54, 1.807) is 4.90 Å². The van der Waals surface area contributed by atoms with E-state index >= 15 is 0 Å². The summed E-state index contributed by atoms with van der Waals surface area (Å²) in [5.41, 5.74) is 8.29. The van der Waals surface area contributed by atoms with Crippen molar-refractivity contribution in [3.63, 3.8) is 0 Å². The molecule has 2 aromatic rings. The molecule has 154 valence electrons. The summed E-state index contributed by atoms with van der Waals surface area (Å²) in [5, 5.41) is 3.37. The van der Waals surface area contributed by atoms with Crippen LogP contribution < -0.4 is 11.1 Å². The number of nitrogens with one attached hydrogen (secondary N) is 1. The molecule has 1 heterocycles. The summed E-state index contributed by atoms with van der Waals surface area (Å²) in [7, 11) is 2.02.